The third-order valence-corrected chi connectivity index (χ3v) is 3.11. The van der Waals surface area contributed by atoms with Gasteiger partial charge < -0.3 is 10.1 Å². The molecule has 20 heavy (non-hydrogen) atoms. The molecule has 0 spiro atoms. The van der Waals surface area contributed by atoms with E-state index in [9.17, 15) is 19.7 Å². The number of hydrogen-bond acceptors (Lipinski definition) is 5. The van der Waals surface area contributed by atoms with Crippen molar-refractivity contribution in [3.05, 3.63) is 33.9 Å². The van der Waals surface area contributed by atoms with Crippen molar-refractivity contribution in [2.75, 3.05) is 11.9 Å². The van der Waals surface area contributed by atoms with Gasteiger partial charge in [0.15, 0.2) is 0 Å². The van der Waals surface area contributed by atoms with Gasteiger partial charge in [0.05, 0.1) is 23.9 Å². The second kappa shape index (κ2) is 5.68. The van der Waals surface area contributed by atoms with Crippen molar-refractivity contribution in [3.8, 4) is 0 Å². The maximum absolute atomic E-state index is 11.9. The van der Waals surface area contributed by atoms with Crippen molar-refractivity contribution < 1.29 is 19.2 Å². The lowest BCUT2D eigenvalue weighted by Gasteiger charge is -2.23. The van der Waals surface area contributed by atoms with Crippen LogP contribution in [0.1, 0.15) is 18.9 Å². The fourth-order valence-electron chi connectivity index (χ4n) is 2.16. The summed E-state index contributed by atoms with van der Waals surface area (Å²) in [5.74, 6) is -1.26. The van der Waals surface area contributed by atoms with Crippen LogP contribution in [0.25, 0.3) is 0 Å². The van der Waals surface area contributed by atoms with Crippen molar-refractivity contribution in [2.45, 2.75) is 19.8 Å². The van der Waals surface area contributed by atoms with Crippen molar-refractivity contribution in [3.63, 3.8) is 0 Å². The second-order valence-electron chi connectivity index (χ2n) is 4.50. The first-order valence-electron chi connectivity index (χ1n) is 6.25. The van der Waals surface area contributed by atoms with Gasteiger partial charge in [0, 0.05) is 17.8 Å². The van der Waals surface area contributed by atoms with E-state index in [-0.39, 0.29) is 24.6 Å². The first kappa shape index (κ1) is 14.0. The van der Waals surface area contributed by atoms with E-state index in [2.05, 4.69) is 5.32 Å². The van der Waals surface area contributed by atoms with Crippen LogP contribution >= 0.6 is 0 Å². The number of nitro groups is 1. The molecule has 7 heteroatoms. The lowest BCUT2D eigenvalue weighted by atomic mass is 9.90. The van der Waals surface area contributed by atoms with E-state index in [0.29, 0.717) is 17.7 Å². The number of nitrogens with one attached hydrogen (secondary N) is 1. The molecule has 7 nitrogen and oxygen atoms in total. The van der Waals surface area contributed by atoms with Gasteiger partial charge in [0.2, 0.25) is 5.91 Å². The van der Waals surface area contributed by atoms with Gasteiger partial charge in [-0.25, -0.2) is 0 Å². The van der Waals surface area contributed by atoms with E-state index < -0.39 is 16.8 Å². The summed E-state index contributed by atoms with van der Waals surface area (Å²) < 4.78 is 4.82. The quantitative estimate of drug-likeness (QED) is 0.513. The lowest BCUT2D eigenvalue weighted by molar-refractivity contribution is -0.384. The number of hydrogen-bond donors (Lipinski definition) is 1. The summed E-state index contributed by atoms with van der Waals surface area (Å²) in [5, 5.41) is 13.4. The number of nitro benzene ring substituents is 1. The Morgan fingerprint density at radius 2 is 2.30 bits per heavy atom. The molecule has 1 amide bonds. The summed E-state index contributed by atoms with van der Waals surface area (Å²) >= 11 is 0. The fraction of sp³-hybridized carbons (Fsp3) is 0.385. The molecule has 0 bridgehead atoms. The number of nitrogens with zero attached hydrogens (tertiary/aromatic N) is 1. The number of benzene rings is 1. The molecule has 1 aliphatic heterocycles. The number of ether oxygens (including phenoxy) is 1. The predicted molar refractivity (Wildman–Crippen MR) is 70.2 cm³/mol. The summed E-state index contributed by atoms with van der Waals surface area (Å²) in [7, 11) is 0. The third-order valence-electron chi connectivity index (χ3n) is 3.11. The van der Waals surface area contributed by atoms with Gasteiger partial charge in [0.25, 0.3) is 5.69 Å². The highest BCUT2D eigenvalue weighted by molar-refractivity contribution is 5.97. The zero-order chi connectivity index (χ0) is 14.7. The minimum absolute atomic E-state index is 0.0260. The van der Waals surface area contributed by atoms with Crippen molar-refractivity contribution in [1.29, 1.82) is 0 Å². The molecule has 0 saturated carbocycles. The summed E-state index contributed by atoms with van der Waals surface area (Å²) in [6, 6.07) is 4.27. The molecule has 1 aromatic rings. The molecule has 106 valence electrons. The Balaban J connectivity index is 2.18. The third kappa shape index (κ3) is 2.93. The molecule has 0 aromatic heterocycles. The lowest BCUT2D eigenvalue weighted by Crippen LogP contribution is -2.32. The number of non-ortho nitro benzene ring substituents is 1. The number of esters is 1. The summed E-state index contributed by atoms with van der Waals surface area (Å²) in [6.45, 7) is 1.95. The maximum atomic E-state index is 11.9. The average molecular weight is 278 g/mol. The number of amides is 1. The van der Waals surface area contributed by atoms with Crippen LogP contribution in [-0.4, -0.2) is 23.4 Å². The number of carbonyl (C=O) groups excluding carboxylic acids is 2. The summed E-state index contributed by atoms with van der Waals surface area (Å²) in [5.41, 5.74) is 1.18. The largest absolute Gasteiger partial charge is 0.466 e. The fourth-order valence-corrected chi connectivity index (χ4v) is 2.16. The molecular weight excluding hydrogens is 264 g/mol. The Morgan fingerprint density at radius 1 is 1.55 bits per heavy atom. The Hall–Kier alpha value is -2.44. The van der Waals surface area contributed by atoms with Gasteiger partial charge in [-0.15, -0.1) is 0 Å². The average Bonchev–Trinajstić information content (AvgIpc) is 2.39. The van der Waals surface area contributed by atoms with E-state index in [1.54, 1.807) is 6.92 Å². The van der Waals surface area contributed by atoms with E-state index in [1.165, 1.54) is 18.2 Å². The highest BCUT2D eigenvalue weighted by Gasteiger charge is 2.29. The first-order valence-corrected chi connectivity index (χ1v) is 6.25. The minimum atomic E-state index is -0.552. The molecule has 2 rings (SSSR count). The minimum Gasteiger partial charge on any atom is -0.466 e. The van der Waals surface area contributed by atoms with Crippen LogP contribution in [0.2, 0.25) is 0 Å². The summed E-state index contributed by atoms with van der Waals surface area (Å²) in [4.78, 5) is 33.5. The molecule has 1 unspecified atom stereocenters. The van der Waals surface area contributed by atoms with Crippen molar-refractivity contribution in [1.82, 2.24) is 0 Å². The Labute approximate surface area is 115 Å². The van der Waals surface area contributed by atoms with Crippen LogP contribution in [0.15, 0.2) is 18.2 Å². The molecule has 0 radical (unpaired) electrons. The van der Waals surface area contributed by atoms with Gasteiger partial charge in [0.1, 0.15) is 0 Å². The van der Waals surface area contributed by atoms with E-state index in [1.807, 2.05) is 0 Å². The van der Waals surface area contributed by atoms with Gasteiger partial charge >= 0.3 is 5.97 Å². The van der Waals surface area contributed by atoms with Gasteiger partial charge in [-0.2, -0.15) is 0 Å². The maximum Gasteiger partial charge on any atom is 0.306 e. The second-order valence-corrected chi connectivity index (χ2v) is 4.50. The molecule has 0 aliphatic carbocycles. The normalized spacial score (nSPS) is 17.1. The number of fused-ring (bicyclic) bond motifs is 1. The van der Waals surface area contributed by atoms with Crippen LogP contribution < -0.4 is 5.32 Å². The number of rotatable bonds is 4. The van der Waals surface area contributed by atoms with Gasteiger partial charge in [-0.1, -0.05) is 0 Å². The van der Waals surface area contributed by atoms with E-state index >= 15 is 0 Å². The number of carbonyl (C=O) groups is 2. The monoisotopic (exact) mass is 278 g/mol. The summed E-state index contributed by atoms with van der Waals surface area (Å²) in [6.07, 6.45) is 0.267. The highest BCUT2D eigenvalue weighted by Crippen LogP contribution is 2.30. The molecule has 0 fully saturated rings. The molecule has 0 saturated heterocycles. The number of anilines is 1. The van der Waals surface area contributed by atoms with Gasteiger partial charge in [-0.3, -0.25) is 19.7 Å². The van der Waals surface area contributed by atoms with Crippen LogP contribution in [-0.2, 0) is 20.7 Å². The Bertz CT molecular complexity index is 570. The molecular formula is C13H14N2O5. The standard InChI is InChI=1S/C13H14N2O5/c1-2-20-12(16)7-9-5-8-6-10(15(18)19)3-4-11(8)14-13(9)17/h3-4,6,9H,2,5,7H2,1H3,(H,14,17). The zero-order valence-electron chi connectivity index (χ0n) is 10.9. The SMILES string of the molecule is CCOC(=O)CC1Cc2cc([N+](=O)[O-])ccc2NC1=O. The van der Waals surface area contributed by atoms with Crippen molar-refractivity contribution >= 4 is 23.3 Å². The van der Waals surface area contributed by atoms with E-state index in [4.69, 9.17) is 4.74 Å². The molecule has 1 aromatic carbocycles. The van der Waals surface area contributed by atoms with Crippen LogP contribution in [0, 0.1) is 16.0 Å². The topological polar surface area (TPSA) is 98.5 Å². The van der Waals surface area contributed by atoms with Crippen LogP contribution in [0.3, 0.4) is 0 Å². The van der Waals surface area contributed by atoms with Gasteiger partial charge in [-0.05, 0) is 25.0 Å². The highest BCUT2D eigenvalue weighted by atomic mass is 16.6. The Kier molecular flexibility index (Phi) is 3.97. The van der Waals surface area contributed by atoms with Crippen LogP contribution in [0.4, 0.5) is 11.4 Å². The molecule has 1 heterocycles. The molecule has 1 aliphatic rings. The predicted octanol–water partition coefficient (Wildman–Crippen LogP) is 1.66. The Morgan fingerprint density at radius 3 is 2.95 bits per heavy atom. The van der Waals surface area contributed by atoms with E-state index in [0.717, 1.165) is 0 Å². The smallest absolute Gasteiger partial charge is 0.306 e. The molecule has 1 atom stereocenters. The first-order chi connectivity index (χ1) is 9.51. The molecule has 1 N–H and O–H groups in total. The zero-order valence-corrected chi connectivity index (χ0v) is 10.9. The van der Waals surface area contributed by atoms with Crippen LogP contribution in [0.5, 0.6) is 0 Å². The van der Waals surface area contributed by atoms with Crippen molar-refractivity contribution in [2.24, 2.45) is 5.92 Å².